The van der Waals surface area contributed by atoms with E-state index in [0.717, 1.165) is 17.5 Å². The fourth-order valence-corrected chi connectivity index (χ4v) is 3.73. The number of carbonyl (C=O) groups excluding carboxylic acids is 2. The number of aromatic carboxylic acids is 1. The average Bonchev–Trinajstić information content (AvgIpc) is 3.43. The minimum Gasteiger partial charge on any atom is -0.477 e. The summed E-state index contributed by atoms with van der Waals surface area (Å²) in [6.07, 6.45) is 3.26. The van der Waals surface area contributed by atoms with Crippen molar-refractivity contribution < 1.29 is 19.5 Å². The quantitative estimate of drug-likeness (QED) is 0.588. The van der Waals surface area contributed by atoms with E-state index < -0.39 is 17.8 Å². The molecule has 0 saturated carbocycles. The predicted octanol–water partition coefficient (Wildman–Crippen LogP) is 0.229. The Morgan fingerprint density at radius 3 is 2.42 bits per heavy atom. The van der Waals surface area contributed by atoms with Crippen molar-refractivity contribution in [2.45, 2.75) is 12.8 Å². The number of carboxylic acid groups (broad SMARTS) is 1. The van der Waals surface area contributed by atoms with E-state index in [0.29, 0.717) is 24.6 Å². The van der Waals surface area contributed by atoms with Gasteiger partial charge in [-0.2, -0.15) is 10.1 Å². The molecular formula is C19H22N8O4. The van der Waals surface area contributed by atoms with Gasteiger partial charge < -0.3 is 20.6 Å². The number of nitrogens with two attached hydrogens (primary N) is 1. The molecule has 12 nitrogen and oxygen atoms in total. The van der Waals surface area contributed by atoms with Crippen molar-refractivity contribution in [3.05, 3.63) is 29.1 Å². The molecule has 1 aliphatic rings. The van der Waals surface area contributed by atoms with E-state index in [1.807, 2.05) is 0 Å². The second-order valence-corrected chi connectivity index (χ2v) is 7.58. The average molecular weight is 426 g/mol. The topological polar surface area (TPSA) is 152 Å². The lowest BCUT2D eigenvalue weighted by Gasteiger charge is -2.16. The minimum atomic E-state index is -1.27. The van der Waals surface area contributed by atoms with Crippen LogP contribution in [0.4, 0.5) is 5.95 Å². The van der Waals surface area contributed by atoms with Crippen LogP contribution in [0.15, 0.2) is 12.3 Å². The van der Waals surface area contributed by atoms with Gasteiger partial charge in [0.05, 0.1) is 5.56 Å². The SMILES string of the molecule is CN(C)c1nc2c(C(N)=O)cc(-c3nn(C)c(C(=O)O)c3C(=O)N3CCCC3)cn2n1. The predicted molar refractivity (Wildman–Crippen MR) is 110 cm³/mol. The first-order valence-corrected chi connectivity index (χ1v) is 9.66. The van der Waals surface area contributed by atoms with Gasteiger partial charge in [-0.1, -0.05) is 0 Å². The number of nitrogens with zero attached hydrogens (tertiary/aromatic N) is 7. The Bertz CT molecular complexity index is 1220. The number of amides is 2. The number of primary amides is 1. The number of carbonyl (C=O) groups is 3. The van der Waals surface area contributed by atoms with Crippen LogP contribution >= 0.6 is 0 Å². The molecule has 0 aromatic carbocycles. The van der Waals surface area contributed by atoms with Crippen LogP contribution in [0.25, 0.3) is 16.9 Å². The second-order valence-electron chi connectivity index (χ2n) is 7.58. The van der Waals surface area contributed by atoms with Crippen molar-refractivity contribution >= 4 is 29.4 Å². The van der Waals surface area contributed by atoms with Crippen LogP contribution in [0.2, 0.25) is 0 Å². The summed E-state index contributed by atoms with van der Waals surface area (Å²) in [5.41, 5.74) is 6.13. The van der Waals surface area contributed by atoms with Crippen LogP contribution in [-0.2, 0) is 7.05 Å². The van der Waals surface area contributed by atoms with E-state index in [-0.39, 0.29) is 28.2 Å². The fourth-order valence-electron chi connectivity index (χ4n) is 3.73. The van der Waals surface area contributed by atoms with E-state index in [9.17, 15) is 19.5 Å². The molecule has 162 valence electrons. The molecular weight excluding hydrogens is 404 g/mol. The van der Waals surface area contributed by atoms with Gasteiger partial charge in [0.1, 0.15) is 11.3 Å². The first-order valence-electron chi connectivity index (χ1n) is 9.66. The lowest BCUT2D eigenvalue weighted by atomic mass is 10.0. The van der Waals surface area contributed by atoms with Crippen LogP contribution in [0.1, 0.15) is 44.0 Å². The van der Waals surface area contributed by atoms with Crippen molar-refractivity contribution in [3.63, 3.8) is 0 Å². The Kier molecular flexibility index (Phi) is 4.84. The van der Waals surface area contributed by atoms with Crippen LogP contribution in [-0.4, -0.2) is 79.4 Å². The summed E-state index contributed by atoms with van der Waals surface area (Å²) >= 11 is 0. The summed E-state index contributed by atoms with van der Waals surface area (Å²) in [6, 6.07) is 1.46. The smallest absolute Gasteiger partial charge is 0.355 e. The normalized spacial score (nSPS) is 13.7. The molecule has 4 heterocycles. The van der Waals surface area contributed by atoms with E-state index in [4.69, 9.17) is 5.73 Å². The summed E-state index contributed by atoms with van der Waals surface area (Å²) < 4.78 is 2.53. The molecule has 0 radical (unpaired) electrons. The fraction of sp³-hybridized carbons (Fsp3) is 0.368. The Morgan fingerprint density at radius 1 is 1.16 bits per heavy atom. The highest BCUT2D eigenvalue weighted by atomic mass is 16.4. The first-order chi connectivity index (χ1) is 14.7. The van der Waals surface area contributed by atoms with Crippen LogP contribution < -0.4 is 10.6 Å². The monoisotopic (exact) mass is 426 g/mol. The number of pyridine rings is 1. The van der Waals surface area contributed by atoms with Gasteiger partial charge in [-0.3, -0.25) is 14.3 Å². The van der Waals surface area contributed by atoms with Crippen molar-refractivity contribution in [1.29, 1.82) is 0 Å². The van der Waals surface area contributed by atoms with Gasteiger partial charge >= 0.3 is 5.97 Å². The summed E-state index contributed by atoms with van der Waals surface area (Å²) in [5, 5.41) is 18.4. The molecule has 0 aliphatic carbocycles. The maximum atomic E-state index is 13.2. The summed E-state index contributed by atoms with van der Waals surface area (Å²) in [6.45, 7) is 1.10. The largest absolute Gasteiger partial charge is 0.477 e. The van der Waals surface area contributed by atoms with E-state index in [1.54, 1.807) is 30.1 Å². The van der Waals surface area contributed by atoms with Crippen molar-refractivity contribution in [2.24, 2.45) is 12.8 Å². The molecule has 3 aromatic heterocycles. The zero-order valence-corrected chi connectivity index (χ0v) is 17.4. The van der Waals surface area contributed by atoms with Gasteiger partial charge in [0, 0.05) is 46.0 Å². The maximum absolute atomic E-state index is 13.2. The van der Waals surface area contributed by atoms with Crippen molar-refractivity contribution in [3.8, 4) is 11.3 Å². The second kappa shape index (κ2) is 7.38. The molecule has 1 fully saturated rings. The molecule has 3 aromatic rings. The number of carboxylic acids is 1. The lowest BCUT2D eigenvalue weighted by Crippen LogP contribution is -2.29. The van der Waals surface area contributed by atoms with E-state index in [1.165, 1.54) is 17.6 Å². The Morgan fingerprint density at radius 2 is 1.84 bits per heavy atom. The Balaban J connectivity index is 1.97. The van der Waals surface area contributed by atoms with E-state index in [2.05, 4.69) is 15.2 Å². The van der Waals surface area contributed by atoms with Gasteiger partial charge in [0.25, 0.3) is 11.8 Å². The highest BCUT2D eigenvalue weighted by molar-refractivity contribution is 6.09. The number of anilines is 1. The van der Waals surface area contributed by atoms with Gasteiger partial charge in [0.2, 0.25) is 5.95 Å². The van der Waals surface area contributed by atoms with Crippen LogP contribution in [0.3, 0.4) is 0 Å². The van der Waals surface area contributed by atoms with Crippen LogP contribution in [0, 0.1) is 0 Å². The first kappa shape index (κ1) is 20.3. The standard InChI is InChI=1S/C19H22N8O4/c1-24(2)19-21-16-11(15(20)28)8-10(9-27(16)23-19)13-12(14(18(30)31)25(3)22-13)17(29)26-6-4-5-7-26/h8-9H,4-7H2,1-3H3,(H2,20,28)(H,30,31). The molecule has 31 heavy (non-hydrogen) atoms. The van der Waals surface area contributed by atoms with E-state index >= 15 is 0 Å². The molecule has 1 saturated heterocycles. The zero-order valence-electron chi connectivity index (χ0n) is 17.4. The maximum Gasteiger partial charge on any atom is 0.355 e. The van der Waals surface area contributed by atoms with Crippen molar-refractivity contribution in [2.75, 3.05) is 32.1 Å². The van der Waals surface area contributed by atoms with Crippen molar-refractivity contribution in [1.82, 2.24) is 29.3 Å². The summed E-state index contributed by atoms with van der Waals surface area (Å²) in [5.74, 6) is -2.05. The highest BCUT2D eigenvalue weighted by Crippen LogP contribution is 2.30. The molecule has 4 rings (SSSR count). The molecule has 1 aliphatic heterocycles. The third-order valence-corrected chi connectivity index (χ3v) is 5.22. The van der Waals surface area contributed by atoms with Gasteiger partial charge in [-0.05, 0) is 18.9 Å². The van der Waals surface area contributed by atoms with Gasteiger partial charge in [0.15, 0.2) is 11.3 Å². The Hall–Kier alpha value is -3.96. The molecule has 0 spiro atoms. The summed E-state index contributed by atoms with van der Waals surface area (Å²) in [4.78, 5) is 44.9. The molecule has 0 atom stereocenters. The number of fused-ring (bicyclic) bond motifs is 1. The van der Waals surface area contributed by atoms with Crippen LogP contribution in [0.5, 0.6) is 0 Å². The van der Waals surface area contributed by atoms with Gasteiger partial charge in [-0.15, -0.1) is 5.10 Å². The summed E-state index contributed by atoms with van der Waals surface area (Å²) in [7, 11) is 4.97. The number of rotatable bonds is 5. The Labute approximate surface area is 176 Å². The number of aromatic nitrogens is 5. The number of aryl methyl sites for hydroxylation is 1. The van der Waals surface area contributed by atoms with Gasteiger partial charge in [-0.25, -0.2) is 9.31 Å². The molecule has 2 amide bonds. The molecule has 3 N–H and O–H groups in total. The molecule has 12 heteroatoms. The third-order valence-electron chi connectivity index (χ3n) is 5.22. The number of hydrogen-bond acceptors (Lipinski definition) is 7. The minimum absolute atomic E-state index is 0.0281. The molecule has 0 bridgehead atoms. The number of likely N-dealkylation sites (tertiary alicyclic amines) is 1. The highest BCUT2D eigenvalue weighted by Gasteiger charge is 2.32. The third kappa shape index (κ3) is 3.35. The number of hydrogen-bond donors (Lipinski definition) is 2. The lowest BCUT2D eigenvalue weighted by molar-refractivity contribution is 0.0670. The zero-order chi connectivity index (χ0) is 22.4. The molecule has 0 unspecified atom stereocenters.